The second-order valence-electron chi connectivity index (χ2n) is 2.93. The predicted octanol–water partition coefficient (Wildman–Crippen LogP) is 1.07. The normalized spacial score (nSPS) is 10.8. The molecule has 4 nitrogen and oxygen atoms in total. The molecule has 6 heteroatoms. The summed E-state index contributed by atoms with van der Waals surface area (Å²) < 4.78 is 35.4. The van der Waals surface area contributed by atoms with Gasteiger partial charge in [-0.1, -0.05) is 6.07 Å². The second-order valence-corrected chi connectivity index (χ2v) is 4.95. The standard InChI is InChI=1S/C9H8FNO3S/c1-15(13,14)8-3-2-7(5-11-6-12)9(10)4-8/h2-4H,5H2,1H3. The molecule has 0 saturated heterocycles. The van der Waals surface area contributed by atoms with Crippen LogP contribution in [0.3, 0.4) is 0 Å². The van der Waals surface area contributed by atoms with Gasteiger partial charge in [0.2, 0.25) is 6.08 Å². The summed E-state index contributed by atoms with van der Waals surface area (Å²) in [5, 5.41) is 0. The van der Waals surface area contributed by atoms with Crippen molar-refractivity contribution in [3.05, 3.63) is 29.6 Å². The molecule has 1 aromatic rings. The van der Waals surface area contributed by atoms with Gasteiger partial charge in [0.05, 0.1) is 11.4 Å². The molecule has 0 bridgehead atoms. The van der Waals surface area contributed by atoms with Gasteiger partial charge in [0.15, 0.2) is 9.84 Å². The lowest BCUT2D eigenvalue weighted by atomic mass is 10.2. The Balaban J connectivity index is 3.14. The van der Waals surface area contributed by atoms with Crippen LogP contribution in [0.25, 0.3) is 0 Å². The summed E-state index contributed by atoms with van der Waals surface area (Å²) in [7, 11) is -3.41. The molecule has 0 atom stereocenters. The van der Waals surface area contributed by atoms with Gasteiger partial charge in [0.1, 0.15) is 5.82 Å². The van der Waals surface area contributed by atoms with Crippen molar-refractivity contribution in [1.82, 2.24) is 0 Å². The lowest BCUT2D eigenvalue weighted by Gasteiger charge is -2.01. The highest BCUT2D eigenvalue weighted by atomic mass is 32.2. The Kier molecular flexibility index (Phi) is 3.34. The van der Waals surface area contributed by atoms with Crippen LogP contribution >= 0.6 is 0 Å². The van der Waals surface area contributed by atoms with Gasteiger partial charge in [-0.05, 0) is 12.1 Å². The monoisotopic (exact) mass is 229 g/mol. The Morgan fingerprint density at radius 2 is 2.13 bits per heavy atom. The number of sulfone groups is 1. The Morgan fingerprint density at radius 1 is 1.47 bits per heavy atom. The van der Waals surface area contributed by atoms with E-state index >= 15 is 0 Å². The summed E-state index contributed by atoms with van der Waals surface area (Å²) in [5.74, 6) is -0.697. The van der Waals surface area contributed by atoms with E-state index in [1.165, 1.54) is 18.2 Å². The third-order valence-corrected chi connectivity index (χ3v) is 2.88. The molecule has 0 saturated carbocycles. The predicted molar refractivity (Wildman–Crippen MR) is 51.3 cm³/mol. The summed E-state index contributed by atoms with van der Waals surface area (Å²) in [6, 6.07) is 3.46. The number of benzene rings is 1. The third-order valence-electron chi connectivity index (χ3n) is 1.77. The third kappa shape index (κ3) is 2.97. The molecular weight excluding hydrogens is 221 g/mol. The summed E-state index contributed by atoms with van der Waals surface area (Å²) >= 11 is 0. The molecule has 80 valence electrons. The average Bonchev–Trinajstić information content (AvgIpc) is 2.14. The Morgan fingerprint density at radius 3 is 2.60 bits per heavy atom. The van der Waals surface area contributed by atoms with Crippen LogP contribution in [0.15, 0.2) is 28.1 Å². The van der Waals surface area contributed by atoms with E-state index < -0.39 is 15.7 Å². The molecule has 0 unspecified atom stereocenters. The highest BCUT2D eigenvalue weighted by Crippen LogP contribution is 2.15. The first-order valence-corrected chi connectivity index (χ1v) is 5.86. The van der Waals surface area contributed by atoms with E-state index in [2.05, 4.69) is 4.99 Å². The van der Waals surface area contributed by atoms with Crippen LogP contribution < -0.4 is 0 Å². The molecule has 1 aromatic carbocycles. The molecule has 1 rings (SSSR count). The van der Waals surface area contributed by atoms with Crippen molar-refractivity contribution in [3.63, 3.8) is 0 Å². The SMILES string of the molecule is CS(=O)(=O)c1ccc(CN=C=O)c(F)c1. The topological polar surface area (TPSA) is 63.6 Å². The molecule has 0 amide bonds. The van der Waals surface area contributed by atoms with Gasteiger partial charge in [0.25, 0.3) is 0 Å². The summed E-state index contributed by atoms with van der Waals surface area (Å²) in [6.45, 7) is -0.140. The van der Waals surface area contributed by atoms with Crippen molar-refractivity contribution in [3.8, 4) is 0 Å². The number of isocyanates is 1. The van der Waals surface area contributed by atoms with Crippen LogP contribution in [-0.4, -0.2) is 20.8 Å². The lowest BCUT2D eigenvalue weighted by Crippen LogP contribution is -1.99. The summed E-state index contributed by atoms with van der Waals surface area (Å²) in [4.78, 5) is 12.9. The molecule has 0 aromatic heterocycles. The molecule has 0 spiro atoms. The van der Waals surface area contributed by atoms with Crippen molar-refractivity contribution in [2.24, 2.45) is 4.99 Å². The number of aliphatic imine (C=N–C) groups is 1. The van der Waals surface area contributed by atoms with E-state index in [-0.39, 0.29) is 17.0 Å². The minimum absolute atomic E-state index is 0.0983. The molecule has 0 aliphatic rings. The molecule has 0 fully saturated rings. The molecular formula is C9H8FNO3S. The zero-order chi connectivity index (χ0) is 11.5. The van der Waals surface area contributed by atoms with E-state index in [4.69, 9.17) is 0 Å². The summed E-state index contributed by atoms with van der Waals surface area (Å²) in [5.41, 5.74) is 0.158. The lowest BCUT2D eigenvalue weighted by molar-refractivity contribution is 0.561. The van der Waals surface area contributed by atoms with Gasteiger partial charge in [-0.3, -0.25) is 0 Å². The fraction of sp³-hybridized carbons (Fsp3) is 0.222. The van der Waals surface area contributed by atoms with Crippen LogP contribution in [0.1, 0.15) is 5.56 Å². The van der Waals surface area contributed by atoms with E-state index in [0.29, 0.717) is 0 Å². The zero-order valence-electron chi connectivity index (χ0n) is 7.90. The number of hydrogen-bond donors (Lipinski definition) is 0. The van der Waals surface area contributed by atoms with Gasteiger partial charge in [0, 0.05) is 11.8 Å². The van der Waals surface area contributed by atoms with Crippen LogP contribution in [0.5, 0.6) is 0 Å². The quantitative estimate of drug-likeness (QED) is 0.575. The van der Waals surface area contributed by atoms with Gasteiger partial charge in [-0.15, -0.1) is 0 Å². The van der Waals surface area contributed by atoms with Crippen molar-refractivity contribution in [2.45, 2.75) is 11.4 Å². The number of carbonyl (C=O) groups excluding carboxylic acids is 1. The van der Waals surface area contributed by atoms with Crippen LogP contribution in [0.4, 0.5) is 4.39 Å². The van der Waals surface area contributed by atoms with Crippen molar-refractivity contribution >= 4 is 15.9 Å². The molecule has 0 heterocycles. The number of rotatable bonds is 3. The minimum atomic E-state index is -3.41. The van der Waals surface area contributed by atoms with Crippen molar-refractivity contribution in [2.75, 3.05) is 6.26 Å². The minimum Gasteiger partial charge on any atom is -0.224 e. The number of hydrogen-bond acceptors (Lipinski definition) is 4. The first-order valence-electron chi connectivity index (χ1n) is 3.97. The maximum atomic E-state index is 13.2. The maximum Gasteiger partial charge on any atom is 0.235 e. The molecule has 0 aliphatic heterocycles. The van der Waals surface area contributed by atoms with E-state index in [1.807, 2.05) is 0 Å². The molecule has 15 heavy (non-hydrogen) atoms. The van der Waals surface area contributed by atoms with E-state index in [0.717, 1.165) is 12.3 Å². The van der Waals surface area contributed by atoms with Crippen molar-refractivity contribution < 1.29 is 17.6 Å². The average molecular weight is 229 g/mol. The fourth-order valence-corrected chi connectivity index (χ4v) is 1.64. The van der Waals surface area contributed by atoms with Gasteiger partial charge in [-0.25, -0.2) is 22.6 Å². The number of nitrogens with zero attached hydrogens (tertiary/aromatic N) is 1. The Bertz CT molecular complexity index is 518. The molecule has 0 radical (unpaired) electrons. The largest absolute Gasteiger partial charge is 0.235 e. The molecule has 0 aliphatic carbocycles. The fourth-order valence-electron chi connectivity index (χ4n) is 1.00. The first-order chi connectivity index (χ1) is 6.95. The summed E-state index contributed by atoms with van der Waals surface area (Å²) in [6.07, 6.45) is 2.27. The van der Waals surface area contributed by atoms with Gasteiger partial charge < -0.3 is 0 Å². The van der Waals surface area contributed by atoms with Crippen LogP contribution in [-0.2, 0) is 21.2 Å². The van der Waals surface area contributed by atoms with Crippen molar-refractivity contribution in [1.29, 1.82) is 0 Å². The Labute approximate surface area is 86.4 Å². The Hall–Kier alpha value is -1.52. The van der Waals surface area contributed by atoms with E-state index in [1.54, 1.807) is 0 Å². The highest BCUT2D eigenvalue weighted by molar-refractivity contribution is 7.90. The van der Waals surface area contributed by atoms with Gasteiger partial charge in [-0.2, -0.15) is 0 Å². The first kappa shape index (κ1) is 11.6. The highest BCUT2D eigenvalue weighted by Gasteiger charge is 2.10. The number of halogens is 1. The second kappa shape index (κ2) is 4.33. The smallest absolute Gasteiger partial charge is 0.224 e. The van der Waals surface area contributed by atoms with Crippen LogP contribution in [0, 0.1) is 5.82 Å². The maximum absolute atomic E-state index is 13.2. The van der Waals surface area contributed by atoms with Crippen LogP contribution in [0.2, 0.25) is 0 Å². The van der Waals surface area contributed by atoms with E-state index in [9.17, 15) is 17.6 Å². The molecule has 0 N–H and O–H groups in total. The zero-order valence-corrected chi connectivity index (χ0v) is 8.71. The van der Waals surface area contributed by atoms with Gasteiger partial charge >= 0.3 is 0 Å².